The Kier molecular flexibility index (Phi) is 26.4. The Bertz CT molecular complexity index is 6570. The molecule has 4 aliphatic carbocycles. The molecule has 10 aromatic rings. The van der Waals surface area contributed by atoms with E-state index in [1.54, 1.807) is 71.8 Å². The average Bonchev–Trinajstić information content (AvgIpc) is 1.54. The molecule has 4 unspecified atom stereocenters. The number of fused-ring (bicyclic) bond motifs is 14. The predicted molar refractivity (Wildman–Crippen MR) is 499 cm³/mol. The Hall–Kier alpha value is -10.9. The van der Waals surface area contributed by atoms with E-state index in [9.17, 15) is 42.9 Å². The summed E-state index contributed by atoms with van der Waals surface area (Å²) in [6.07, 6.45) is 8.21. The van der Waals surface area contributed by atoms with Crippen molar-refractivity contribution in [2.45, 2.75) is 135 Å². The van der Waals surface area contributed by atoms with Crippen LogP contribution in [-0.2, 0) is 45.2 Å². The molecule has 0 spiro atoms. The first kappa shape index (κ1) is 92.2. The lowest BCUT2D eigenvalue weighted by molar-refractivity contribution is -0.145. The summed E-state index contributed by atoms with van der Waals surface area (Å²) in [5.74, 6) is -6.83. The number of halogens is 8. The molecule has 3 N–H and O–H groups in total. The number of hydrogen-bond donors (Lipinski definition) is 3. The first-order valence-corrected chi connectivity index (χ1v) is 47.7. The van der Waals surface area contributed by atoms with E-state index in [4.69, 9.17) is 109 Å². The van der Waals surface area contributed by atoms with Gasteiger partial charge in [-0.3, -0.25) is 19.5 Å². The Morgan fingerprint density at radius 2 is 1.25 bits per heavy atom. The maximum Gasteiger partial charge on any atom is 0.345 e. The molecule has 6 aromatic heterocycles. The van der Waals surface area contributed by atoms with Crippen LogP contribution in [0.3, 0.4) is 0 Å². The number of nitrogens with zero attached hydrogens (tertiary/aromatic N) is 13. The molecule has 700 valence electrons. The van der Waals surface area contributed by atoms with Crippen LogP contribution >= 0.6 is 69.1 Å². The van der Waals surface area contributed by atoms with E-state index in [0.717, 1.165) is 57.4 Å². The van der Waals surface area contributed by atoms with Crippen molar-refractivity contribution in [2.24, 2.45) is 23.7 Å². The van der Waals surface area contributed by atoms with E-state index in [1.165, 1.54) is 59.7 Å². The lowest BCUT2D eigenvalue weighted by Crippen LogP contribution is -2.50. The third-order valence-electron chi connectivity index (χ3n) is 27.0. The van der Waals surface area contributed by atoms with Gasteiger partial charge >= 0.3 is 17.9 Å². The van der Waals surface area contributed by atoms with Crippen LogP contribution in [0.4, 0.5) is 23.5 Å². The minimum absolute atomic E-state index is 0.00623. The van der Waals surface area contributed by atoms with Gasteiger partial charge in [0.05, 0.1) is 60.1 Å². The molecule has 8 atom stereocenters. The van der Waals surface area contributed by atoms with Crippen molar-refractivity contribution in [1.82, 2.24) is 59.5 Å². The number of hydrogen-bond acceptors (Lipinski definition) is 26. The number of thiophene rings is 2. The molecular formula is C97H95Cl4F4N13O14S2. The molecule has 4 aromatic carbocycles. The van der Waals surface area contributed by atoms with E-state index >= 15 is 4.39 Å². The number of piperazine rings is 2. The van der Waals surface area contributed by atoms with Gasteiger partial charge in [-0.2, -0.15) is 0 Å². The lowest BCUT2D eigenvalue weighted by atomic mass is 9.80. The van der Waals surface area contributed by atoms with E-state index < -0.39 is 83.7 Å². The molecule has 134 heavy (non-hydrogen) atoms. The fourth-order valence-corrected chi connectivity index (χ4v) is 23.0. The number of alkyl halides is 2. The zero-order chi connectivity index (χ0) is 93.4. The summed E-state index contributed by atoms with van der Waals surface area (Å²) in [5.41, 5.74) is 6.64. The van der Waals surface area contributed by atoms with Crippen LogP contribution in [0.15, 0.2) is 137 Å². The normalized spacial score (nSPS) is 24.0. The van der Waals surface area contributed by atoms with Gasteiger partial charge < -0.3 is 63.0 Å². The molecule has 21 rings (SSSR count). The molecule has 8 bridgehead atoms. The van der Waals surface area contributed by atoms with Gasteiger partial charge in [0.2, 0.25) is 29.9 Å². The summed E-state index contributed by atoms with van der Waals surface area (Å²) < 4.78 is 116. The van der Waals surface area contributed by atoms with Gasteiger partial charge in [0.1, 0.15) is 101 Å². The summed E-state index contributed by atoms with van der Waals surface area (Å²) >= 11 is 33.4. The number of anilines is 1. The number of carbonyl (C=O) groups is 3. The zero-order valence-electron chi connectivity index (χ0n) is 73.9. The Morgan fingerprint density at radius 3 is 1.87 bits per heavy atom. The quantitative estimate of drug-likeness (QED) is 0.0672. The molecule has 0 amide bonds. The molecule has 5 fully saturated rings. The number of carboxylic acid groups (broad SMARTS) is 3. The summed E-state index contributed by atoms with van der Waals surface area (Å²) in [4.78, 5) is 89.0. The van der Waals surface area contributed by atoms with Crippen LogP contribution in [0.25, 0.3) is 53.1 Å². The van der Waals surface area contributed by atoms with Crippen LogP contribution in [0.5, 0.6) is 40.5 Å². The highest BCUT2D eigenvalue weighted by Gasteiger charge is 2.72. The fraction of sp³-hybridized carbons (Fsp3) is 0.412. The number of allylic oxidation sites excluding steroid dienone is 7. The van der Waals surface area contributed by atoms with Crippen molar-refractivity contribution in [2.75, 3.05) is 104 Å². The SMILES string of the molecule is CC1=C(Cl)C2=C(Cl)C(C)C1=c1c(=C3C=CC(F)=CC3)sc3ncnc(c13)O[C@@H](C(=O)O)Cc1cc(ccc1OCc1ccnc(N3CC4C(C3)C4(F)F)n1)OC[C@@H](CN1CCN(C)C(c3cc(-c4sc5ncnc6c5c4-c4c(C)c(Cl)c(c(Cl)c4C)O[C@H](CN4CCN(C)CC4)COc4ccc(OCc5ccnc(C7CCC(CC(=O)O)CC7)n5)c(c4)C[C@H](C(=O)O)O6)ccc3F)C1)O2. The Balaban J connectivity index is 0.670. The smallest absolute Gasteiger partial charge is 0.345 e. The van der Waals surface area contributed by atoms with Crippen molar-refractivity contribution in [3.63, 3.8) is 0 Å². The molecule has 27 nitrogen and oxygen atoms in total. The van der Waals surface area contributed by atoms with E-state index in [1.807, 2.05) is 40.8 Å². The van der Waals surface area contributed by atoms with Gasteiger partial charge in [-0.05, 0) is 185 Å². The van der Waals surface area contributed by atoms with Crippen LogP contribution in [-0.4, -0.2) is 222 Å². The Morgan fingerprint density at radius 1 is 0.642 bits per heavy atom. The van der Waals surface area contributed by atoms with Crippen LogP contribution in [0, 0.1) is 43.3 Å². The number of ether oxygens (including phenoxy) is 8. The molecule has 37 heteroatoms. The van der Waals surface area contributed by atoms with Gasteiger partial charge in [-0.15, -0.1) is 22.7 Å². The second kappa shape index (κ2) is 38.4. The van der Waals surface area contributed by atoms with Gasteiger partial charge in [0.15, 0.2) is 11.5 Å². The van der Waals surface area contributed by atoms with E-state index in [-0.39, 0.29) is 151 Å². The molecule has 13 heterocycles. The number of likely N-dealkylation sites (N-methyl/N-ethyl adjacent to an activating group) is 2. The van der Waals surface area contributed by atoms with Gasteiger partial charge in [-0.1, -0.05) is 65.5 Å². The topological polar surface area (TPSA) is 305 Å². The van der Waals surface area contributed by atoms with Crippen molar-refractivity contribution in [3.05, 3.63) is 208 Å². The predicted octanol–water partition coefficient (Wildman–Crippen LogP) is 16.3. The minimum atomic E-state index is -2.72. The van der Waals surface area contributed by atoms with Crippen molar-refractivity contribution >= 4 is 125 Å². The molecule has 0 radical (unpaired) electrons. The van der Waals surface area contributed by atoms with Crippen LogP contribution in [0.2, 0.25) is 10.0 Å². The maximum absolute atomic E-state index is 17.7. The summed E-state index contributed by atoms with van der Waals surface area (Å²) in [6.45, 7) is 12.1. The number of benzene rings is 4. The number of aromatic nitrogens is 8. The first-order valence-electron chi connectivity index (χ1n) is 44.6. The maximum atomic E-state index is 17.7. The van der Waals surface area contributed by atoms with Gasteiger partial charge in [0.25, 0.3) is 5.92 Å². The number of piperidine rings is 1. The third kappa shape index (κ3) is 18.8. The molecular weight excluding hydrogens is 1850 g/mol. The number of aliphatic carboxylic acids is 3. The number of rotatable bonds is 18. The highest BCUT2D eigenvalue weighted by atomic mass is 35.5. The molecule has 11 aliphatic rings. The second-order valence-electron chi connectivity index (χ2n) is 35.8. The monoisotopic (exact) mass is 1950 g/mol. The molecule has 2 saturated carbocycles. The Labute approximate surface area is 796 Å². The van der Waals surface area contributed by atoms with Crippen LogP contribution < -0.4 is 47.8 Å². The minimum Gasteiger partial charge on any atom is -0.490 e. The molecule has 7 aliphatic heterocycles. The second-order valence-corrected chi connectivity index (χ2v) is 39.3. The van der Waals surface area contributed by atoms with Crippen molar-refractivity contribution in [3.8, 4) is 62.1 Å². The fourth-order valence-electron chi connectivity index (χ4n) is 19.6. The third-order valence-corrected chi connectivity index (χ3v) is 31.2. The molecule has 3 saturated heterocycles. The summed E-state index contributed by atoms with van der Waals surface area (Å²) in [7, 11) is 4.01. The first-order chi connectivity index (χ1) is 64.5. The standard InChI is InChI=1S/C97H95Cl4F4N13O14S2/c1-48-75-49(2)82(99)86(81(48)98)130-64(45-126-62-17-20-71(128-43-60-22-24-107-96(113-60)118-39-66-67(40-118)97(66,104)105)57(33-62)36-72(94(121)122)131-90-79-77(75)87(133-92(79)110-46-108-90)53-11-14-58(102)15-12-53)38-117-30-27-115(6)69(41-117)65-34-55(13-18-68(65)103)88-78-76-50(3)83(100)85(84(101)51(76)4)129-63(37-116-28-25-114(5)26-29-116)44-125-61-16-19-70(56(32-61)35-73(95(123)124)132-91-80(78)93(134-88)111-47-109-91)127-42-59-21-23-106-89(112-59)54-9-7-52(8-10-54)31-74(119)120/h11,13-24,32-34,46-48,52,54,63-64,66-67,69,72-73H,7-10,12,25-31,35-45H2,1-6H3,(H,119,120)(H,121,122)(H,123,124)/t48?,52?,54?,63-,64-,66?,67?,69?,72-,73-/m1/s1. The van der Waals surface area contributed by atoms with Crippen molar-refractivity contribution < 1.29 is 85.2 Å². The zero-order valence-corrected chi connectivity index (χ0v) is 78.6. The van der Waals surface area contributed by atoms with Gasteiger partial charge in [0, 0.05) is 152 Å². The lowest BCUT2D eigenvalue weighted by Gasteiger charge is -2.41. The summed E-state index contributed by atoms with van der Waals surface area (Å²) in [5, 5.41) is 34.3. The number of carboxylic acids is 3. The highest BCUT2D eigenvalue weighted by molar-refractivity contribution is 7.22. The van der Waals surface area contributed by atoms with Crippen LogP contribution in [0.1, 0.15) is 109 Å². The van der Waals surface area contributed by atoms with Crippen molar-refractivity contribution in [1.29, 1.82) is 0 Å². The van der Waals surface area contributed by atoms with E-state index in [0.29, 0.717) is 139 Å². The highest BCUT2D eigenvalue weighted by Crippen LogP contribution is 2.60. The average molecular weight is 1950 g/mol. The van der Waals surface area contributed by atoms with Gasteiger partial charge in [-0.25, -0.2) is 67.0 Å². The van der Waals surface area contributed by atoms with E-state index in [2.05, 4.69) is 41.6 Å². The largest absolute Gasteiger partial charge is 0.490 e. The summed E-state index contributed by atoms with van der Waals surface area (Å²) in [6, 6.07) is 17.9.